The van der Waals surface area contributed by atoms with Crippen molar-refractivity contribution in [2.45, 2.75) is 374 Å². The number of aliphatic hydroxyl groups is 1. The molecule has 0 aliphatic rings. The SMILES string of the molecule is CCCCCCCCCCCCCCCCC(=O)OC[C@H](COP(=O)(O)OC[C@@H](O)COP(=O)(O)OC[C@@H](COC(=O)CCCCCCCCC(C)C)OC(=O)CCCCCCCCCCCC)OC(=O)CCCCCCCCCCCCCCCC(C)C. The Morgan fingerprint density at radius 3 is 0.764 bits per heavy atom. The van der Waals surface area contributed by atoms with Crippen molar-refractivity contribution in [3.8, 4) is 0 Å². The molecule has 89 heavy (non-hydrogen) atoms. The summed E-state index contributed by atoms with van der Waals surface area (Å²) in [5, 5.41) is 10.6. The van der Waals surface area contributed by atoms with Crippen LogP contribution in [0.1, 0.15) is 356 Å². The van der Waals surface area contributed by atoms with Gasteiger partial charge in [0, 0.05) is 25.7 Å². The van der Waals surface area contributed by atoms with Crippen molar-refractivity contribution >= 4 is 39.5 Å². The molecule has 0 fully saturated rings. The molecule has 0 saturated heterocycles. The van der Waals surface area contributed by atoms with Crippen molar-refractivity contribution in [1.29, 1.82) is 0 Å². The number of aliphatic hydroxyl groups excluding tert-OH is 1. The molecule has 528 valence electrons. The second-order valence-corrected chi connectivity index (χ2v) is 29.1. The van der Waals surface area contributed by atoms with E-state index < -0.39 is 97.5 Å². The fourth-order valence-electron chi connectivity index (χ4n) is 10.6. The fourth-order valence-corrected chi connectivity index (χ4v) is 12.2. The van der Waals surface area contributed by atoms with E-state index in [-0.39, 0.29) is 25.7 Å². The molecule has 0 rings (SSSR count). The average Bonchev–Trinajstić information content (AvgIpc) is 3.61. The molecule has 2 unspecified atom stereocenters. The normalized spacial score (nSPS) is 14.1. The molecule has 0 heterocycles. The molecule has 0 aliphatic carbocycles. The van der Waals surface area contributed by atoms with Crippen LogP contribution in [0, 0.1) is 11.8 Å². The second kappa shape index (κ2) is 62.2. The first-order chi connectivity index (χ1) is 42.9. The number of phosphoric ester groups is 2. The summed E-state index contributed by atoms with van der Waals surface area (Å²) in [6, 6.07) is 0. The average molecular weight is 1310 g/mol. The molecule has 0 aromatic heterocycles. The van der Waals surface area contributed by atoms with Crippen LogP contribution in [0.4, 0.5) is 0 Å². The van der Waals surface area contributed by atoms with Crippen LogP contribution in [0.5, 0.6) is 0 Å². The van der Waals surface area contributed by atoms with E-state index >= 15 is 0 Å². The molecule has 17 nitrogen and oxygen atoms in total. The minimum absolute atomic E-state index is 0.105. The number of phosphoric acid groups is 2. The van der Waals surface area contributed by atoms with Gasteiger partial charge in [0.1, 0.15) is 19.3 Å². The summed E-state index contributed by atoms with van der Waals surface area (Å²) in [5.41, 5.74) is 0. The zero-order chi connectivity index (χ0) is 65.7. The molecular formula is C70H136O17P2. The van der Waals surface area contributed by atoms with Crippen LogP contribution >= 0.6 is 15.6 Å². The van der Waals surface area contributed by atoms with Crippen molar-refractivity contribution < 1.29 is 80.2 Å². The van der Waals surface area contributed by atoms with Gasteiger partial charge in [0.2, 0.25) is 0 Å². The quantitative estimate of drug-likeness (QED) is 0.0222. The topological polar surface area (TPSA) is 237 Å². The van der Waals surface area contributed by atoms with Crippen molar-refractivity contribution in [2.75, 3.05) is 39.6 Å². The third-order valence-electron chi connectivity index (χ3n) is 16.2. The number of esters is 4. The number of unbranched alkanes of at least 4 members (excludes halogenated alkanes) is 39. The molecule has 0 amide bonds. The lowest BCUT2D eigenvalue weighted by Gasteiger charge is -2.21. The molecule has 3 N–H and O–H groups in total. The summed E-state index contributed by atoms with van der Waals surface area (Å²) in [6.07, 6.45) is 47.3. The van der Waals surface area contributed by atoms with Gasteiger partial charge in [-0.15, -0.1) is 0 Å². The Bertz CT molecular complexity index is 1730. The lowest BCUT2D eigenvalue weighted by molar-refractivity contribution is -0.161. The van der Waals surface area contributed by atoms with Crippen molar-refractivity contribution in [3.63, 3.8) is 0 Å². The van der Waals surface area contributed by atoms with Crippen molar-refractivity contribution in [3.05, 3.63) is 0 Å². The first-order valence-corrected chi connectivity index (χ1v) is 39.5. The van der Waals surface area contributed by atoms with E-state index in [1.54, 1.807) is 0 Å². The minimum Gasteiger partial charge on any atom is -0.462 e. The predicted molar refractivity (Wildman–Crippen MR) is 358 cm³/mol. The van der Waals surface area contributed by atoms with Gasteiger partial charge in [0.25, 0.3) is 0 Å². The lowest BCUT2D eigenvalue weighted by Crippen LogP contribution is -2.30. The molecule has 0 radical (unpaired) electrons. The monoisotopic (exact) mass is 1310 g/mol. The van der Waals surface area contributed by atoms with Gasteiger partial charge < -0.3 is 33.8 Å². The Balaban J connectivity index is 5.23. The Hall–Kier alpha value is -1.94. The van der Waals surface area contributed by atoms with E-state index in [1.807, 2.05) is 0 Å². The van der Waals surface area contributed by atoms with E-state index in [2.05, 4.69) is 41.5 Å². The van der Waals surface area contributed by atoms with E-state index in [0.717, 1.165) is 102 Å². The standard InChI is InChI=1S/C70H136O17P2/c1-7-9-11-13-15-17-19-20-23-26-30-33-40-46-52-67(72)80-58-65(86-70(75)55-49-43-35-31-27-24-21-22-25-28-32-38-44-50-62(3)4)60-84-88(76,77)82-56-64(71)57-83-89(78,79)85-61-66(59-81-68(73)53-47-41-37-36-39-45-51-63(5)6)87-69(74)54-48-42-34-29-18-16-14-12-10-8-2/h62-66,71H,7-61H2,1-6H3,(H,76,77)(H,78,79)/t64-,65-,66-/m1/s1. The Kier molecular flexibility index (Phi) is 60.8. The second-order valence-electron chi connectivity index (χ2n) is 26.2. The summed E-state index contributed by atoms with van der Waals surface area (Å²) in [7, 11) is -9.90. The fraction of sp³-hybridized carbons (Fsp3) is 0.943. The highest BCUT2D eigenvalue weighted by molar-refractivity contribution is 7.47. The van der Waals surface area contributed by atoms with Crippen LogP contribution < -0.4 is 0 Å². The molecule has 0 saturated carbocycles. The van der Waals surface area contributed by atoms with Gasteiger partial charge in [-0.25, -0.2) is 9.13 Å². The molecule has 0 aromatic carbocycles. The van der Waals surface area contributed by atoms with Gasteiger partial charge in [0.05, 0.1) is 26.4 Å². The molecule has 0 aromatic rings. The number of carbonyl (C=O) groups is 4. The Labute approximate surface area is 543 Å². The highest BCUT2D eigenvalue weighted by Crippen LogP contribution is 2.45. The molecule has 0 spiro atoms. The summed E-state index contributed by atoms with van der Waals surface area (Å²) >= 11 is 0. The van der Waals surface area contributed by atoms with Crippen LogP contribution in [0.25, 0.3) is 0 Å². The zero-order valence-electron chi connectivity index (χ0n) is 57.7. The highest BCUT2D eigenvalue weighted by atomic mass is 31.2. The van der Waals surface area contributed by atoms with Crippen LogP contribution in [-0.4, -0.2) is 96.7 Å². The van der Waals surface area contributed by atoms with Gasteiger partial charge in [-0.1, -0.05) is 305 Å². The highest BCUT2D eigenvalue weighted by Gasteiger charge is 2.30. The maximum atomic E-state index is 13.0. The third-order valence-corrected chi connectivity index (χ3v) is 18.1. The third kappa shape index (κ3) is 64.6. The van der Waals surface area contributed by atoms with Crippen molar-refractivity contribution in [1.82, 2.24) is 0 Å². The van der Waals surface area contributed by atoms with Gasteiger partial charge in [0.15, 0.2) is 12.2 Å². The van der Waals surface area contributed by atoms with E-state index in [4.69, 9.17) is 37.0 Å². The number of hydrogen-bond acceptors (Lipinski definition) is 15. The zero-order valence-corrected chi connectivity index (χ0v) is 59.5. The molecule has 5 atom stereocenters. The predicted octanol–water partition coefficient (Wildman–Crippen LogP) is 20.0. The number of hydrogen-bond donors (Lipinski definition) is 3. The van der Waals surface area contributed by atoms with Gasteiger partial charge in [-0.2, -0.15) is 0 Å². The molecule has 19 heteroatoms. The van der Waals surface area contributed by atoms with Crippen LogP contribution in [-0.2, 0) is 65.4 Å². The first kappa shape index (κ1) is 87.1. The van der Waals surface area contributed by atoms with Crippen LogP contribution in [0.3, 0.4) is 0 Å². The summed E-state index contributed by atoms with van der Waals surface area (Å²) in [6.45, 7) is 9.48. The summed E-state index contributed by atoms with van der Waals surface area (Å²) in [5.74, 6) is -0.659. The van der Waals surface area contributed by atoms with Crippen molar-refractivity contribution in [2.24, 2.45) is 11.8 Å². The Morgan fingerprint density at radius 1 is 0.303 bits per heavy atom. The number of carbonyl (C=O) groups excluding carboxylic acids is 4. The Morgan fingerprint density at radius 2 is 0.517 bits per heavy atom. The first-order valence-electron chi connectivity index (χ1n) is 36.5. The number of ether oxygens (including phenoxy) is 4. The molecule has 0 aliphatic heterocycles. The van der Waals surface area contributed by atoms with E-state index in [1.165, 1.54) is 167 Å². The summed E-state index contributed by atoms with van der Waals surface area (Å²) in [4.78, 5) is 72.5. The minimum atomic E-state index is -4.95. The van der Waals surface area contributed by atoms with Gasteiger partial charge in [-0.3, -0.25) is 37.3 Å². The van der Waals surface area contributed by atoms with Crippen LogP contribution in [0.2, 0.25) is 0 Å². The smallest absolute Gasteiger partial charge is 0.462 e. The van der Waals surface area contributed by atoms with Crippen LogP contribution in [0.15, 0.2) is 0 Å². The lowest BCUT2D eigenvalue weighted by atomic mass is 10.0. The molecular weight excluding hydrogens is 1170 g/mol. The maximum absolute atomic E-state index is 13.0. The van der Waals surface area contributed by atoms with Gasteiger partial charge in [-0.05, 0) is 37.5 Å². The number of rotatable bonds is 69. The van der Waals surface area contributed by atoms with E-state index in [0.29, 0.717) is 31.6 Å². The summed E-state index contributed by atoms with van der Waals surface area (Å²) < 4.78 is 68.2. The van der Waals surface area contributed by atoms with Gasteiger partial charge >= 0.3 is 39.5 Å². The molecule has 0 bridgehead atoms. The largest absolute Gasteiger partial charge is 0.472 e. The van der Waals surface area contributed by atoms with E-state index in [9.17, 15) is 43.2 Å². The maximum Gasteiger partial charge on any atom is 0.472 e.